The van der Waals surface area contributed by atoms with Crippen LogP contribution in [0.4, 0.5) is 13.2 Å². The molecule has 1 aliphatic rings. The van der Waals surface area contributed by atoms with E-state index < -0.39 is 18.1 Å². The van der Waals surface area contributed by atoms with Crippen LogP contribution in [0, 0.1) is 5.82 Å². The fourth-order valence-electron chi connectivity index (χ4n) is 3.86. The van der Waals surface area contributed by atoms with Gasteiger partial charge < -0.3 is 4.42 Å². The second-order valence-electron chi connectivity index (χ2n) is 8.00. The van der Waals surface area contributed by atoms with E-state index in [2.05, 4.69) is 30.4 Å². The lowest BCUT2D eigenvalue weighted by Gasteiger charge is -2.15. The Bertz CT molecular complexity index is 1300. The monoisotopic (exact) mass is 489 g/mol. The lowest BCUT2D eigenvalue weighted by molar-refractivity contribution is 0.116. The maximum Gasteiger partial charge on any atom is 0.314 e. The first kappa shape index (κ1) is 22.5. The topological polar surface area (TPSA) is 85.8 Å². The van der Waals surface area contributed by atoms with Gasteiger partial charge in [-0.1, -0.05) is 28.9 Å². The third-order valence-electron chi connectivity index (χ3n) is 5.56. The van der Waals surface area contributed by atoms with E-state index in [4.69, 9.17) is 16.0 Å². The van der Waals surface area contributed by atoms with Crippen molar-refractivity contribution in [3.8, 4) is 22.7 Å². The van der Waals surface area contributed by atoms with E-state index in [-0.39, 0.29) is 23.7 Å². The summed E-state index contributed by atoms with van der Waals surface area (Å²) in [6, 6.07) is 6.97. The molecule has 4 heterocycles. The summed E-state index contributed by atoms with van der Waals surface area (Å²) in [4.78, 5) is 6.45. The molecular formula is C22H19ClF3N7O. The Hall–Kier alpha value is -3.31. The van der Waals surface area contributed by atoms with E-state index >= 15 is 0 Å². The summed E-state index contributed by atoms with van der Waals surface area (Å²) in [6.07, 6.45) is 2.47. The highest BCUT2D eigenvalue weighted by atomic mass is 35.5. The van der Waals surface area contributed by atoms with E-state index in [1.54, 1.807) is 6.20 Å². The molecule has 34 heavy (non-hydrogen) atoms. The smallest absolute Gasteiger partial charge is 0.314 e. The Kier molecular flexibility index (Phi) is 6.29. The molecule has 0 atom stereocenters. The third kappa shape index (κ3) is 4.80. The van der Waals surface area contributed by atoms with Crippen LogP contribution in [0.15, 0.2) is 41.1 Å². The lowest BCUT2D eigenvalue weighted by Crippen LogP contribution is -2.18. The Labute approximate surface area is 197 Å². The van der Waals surface area contributed by atoms with Gasteiger partial charge >= 0.3 is 6.43 Å². The third-order valence-corrected chi connectivity index (χ3v) is 5.87. The molecule has 12 heteroatoms. The Balaban J connectivity index is 1.29. The summed E-state index contributed by atoms with van der Waals surface area (Å²) in [5.41, 5.74) is 2.60. The average Bonchev–Trinajstić information content (AvgIpc) is 3.57. The first-order valence-electron chi connectivity index (χ1n) is 10.6. The summed E-state index contributed by atoms with van der Waals surface area (Å²) in [5.74, 6) is -1.74. The second kappa shape index (κ2) is 9.51. The molecule has 0 saturated carbocycles. The van der Waals surface area contributed by atoms with E-state index in [0.29, 0.717) is 10.7 Å². The van der Waals surface area contributed by atoms with Crippen LogP contribution in [0.3, 0.4) is 0 Å². The van der Waals surface area contributed by atoms with Crippen molar-refractivity contribution in [1.29, 1.82) is 0 Å². The van der Waals surface area contributed by atoms with E-state index in [1.165, 1.54) is 23.7 Å². The quantitative estimate of drug-likeness (QED) is 0.370. The van der Waals surface area contributed by atoms with Gasteiger partial charge in [-0.05, 0) is 43.6 Å². The predicted molar refractivity (Wildman–Crippen MR) is 117 cm³/mol. The van der Waals surface area contributed by atoms with Gasteiger partial charge in [-0.25, -0.2) is 9.07 Å². The van der Waals surface area contributed by atoms with Crippen LogP contribution >= 0.6 is 11.6 Å². The molecule has 0 bridgehead atoms. The lowest BCUT2D eigenvalue weighted by atomic mass is 10.1. The van der Waals surface area contributed by atoms with Gasteiger partial charge in [0.05, 0.1) is 29.0 Å². The van der Waals surface area contributed by atoms with Crippen molar-refractivity contribution in [1.82, 2.24) is 35.1 Å². The number of rotatable bonds is 7. The Morgan fingerprint density at radius 1 is 1.06 bits per heavy atom. The number of alkyl halides is 2. The number of hydrogen-bond donors (Lipinski definition) is 0. The summed E-state index contributed by atoms with van der Waals surface area (Å²) >= 11 is 6.51. The minimum absolute atomic E-state index is 0.00981. The van der Waals surface area contributed by atoms with Crippen molar-refractivity contribution in [3.63, 3.8) is 0 Å². The maximum absolute atomic E-state index is 14.6. The van der Waals surface area contributed by atoms with Crippen molar-refractivity contribution in [2.24, 2.45) is 0 Å². The minimum Gasteiger partial charge on any atom is -0.415 e. The SMILES string of the molecule is Fc1cc(-c2nnc(C(F)F)o2)cnc1Cn1cc(-c2ccc(CN3CCCC3)cc2Cl)nn1. The standard InChI is InChI=1S/C22H19ClF3N7O/c23-16-7-13(10-32-5-1-2-6-32)3-4-15(16)18-11-33(31-28-18)12-19-17(24)8-14(9-27-19)21-29-30-22(34-21)20(25)26/h3-4,7-9,11,20H,1-2,5-6,10,12H2. The molecule has 1 fully saturated rings. The van der Waals surface area contributed by atoms with Gasteiger partial charge in [0.25, 0.3) is 5.89 Å². The molecule has 1 aliphatic heterocycles. The van der Waals surface area contributed by atoms with Crippen LogP contribution in [0.5, 0.6) is 0 Å². The fourth-order valence-corrected chi connectivity index (χ4v) is 4.16. The number of nitrogens with zero attached hydrogens (tertiary/aromatic N) is 7. The highest BCUT2D eigenvalue weighted by Gasteiger charge is 2.19. The first-order valence-corrected chi connectivity index (χ1v) is 11.0. The van der Waals surface area contributed by atoms with Crippen molar-refractivity contribution in [2.45, 2.75) is 32.4 Å². The minimum atomic E-state index is -2.91. The predicted octanol–water partition coefficient (Wildman–Crippen LogP) is 4.76. The van der Waals surface area contributed by atoms with E-state index in [0.717, 1.165) is 36.8 Å². The van der Waals surface area contributed by atoms with Gasteiger partial charge in [-0.3, -0.25) is 9.88 Å². The van der Waals surface area contributed by atoms with Crippen LogP contribution in [0.1, 0.15) is 36.4 Å². The average molecular weight is 490 g/mol. The van der Waals surface area contributed by atoms with Crippen molar-refractivity contribution in [3.05, 3.63) is 64.6 Å². The first-order chi connectivity index (χ1) is 16.5. The van der Waals surface area contributed by atoms with Gasteiger partial charge in [0.1, 0.15) is 11.5 Å². The van der Waals surface area contributed by atoms with Gasteiger partial charge in [-0.2, -0.15) is 8.78 Å². The number of aromatic nitrogens is 6. The molecule has 1 saturated heterocycles. The van der Waals surface area contributed by atoms with Gasteiger partial charge in [0.2, 0.25) is 5.89 Å². The molecule has 0 radical (unpaired) electrons. The normalized spacial score (nSPS) is 14.4. The molecular weight excluding hydrogens is 471 g/mol. The molecule has 3 aromatic heterocycles. The van der Waals surface area contributed by atoms with E-state index in [9.17, 15) is 13.2 Å². The van der Waals surface area contributed by atoms with Gasteiger partial charge in [0.15, 0.2) is 0 Å². The summed E-state index contributed by atoms with van der Waals surface area (Å²) < 4.78 is 46.1. The zero-order valence-corrected chi connectivity index (χ0v) is 18.6. The zero-order chi connectivity index (χ0) is 23.7. The Morgan fingerprint density at radius 3 is 2.59 bits per heavy atom. The van der Waals surface area contributed by atoms with Crippen molar-refractivity contribution in [2.75, 3.05) is 13.1 Å². The Morgan fingerprint density at radius 2 is 1.88 bits per heavy atom. The van der Waals surface area contributed by atoms with Crippen LogP contribution in [-0.2, 0) is 13.1 Å². The summed E-state index contributed by atoms with van der Waals surface area (Å²) in [7, 11) is 0. The molecule has 0 spiro atoms. The highest BCUT2D eigenvalue weighted by Crippen LogP contribution is 2.28. The van der Waals surface area contributed by atoms with Crippen LogP contribution in [0.2, 0.25) is 5.02 Å². The summed E-state index contributed by atoms with van der Waals surface area (Å²) in [5, 5.41) is 15.5. The summed E-state index contributed by atoms with van der Waals surface area (Å²) in [6.45, 7) is 3.08. The fraction of sp³-hybridized carbons (Fsp3) is 0.318. The second-order valence-corrected chi connectivity index (χ2v) is 8.40. The molecule has 0 aliphatic carbocycles. The van der Waals surface area contributed by atoms with Gasteiger partial charge in [-0.15, -0.1) is 15.3 Å². The zero-order valence-electron chi connectivity index (χ0n) is 17.8. The molecule has 1 aromatic carbocycles. The number of benzene rings is 1. The highest BCUT2D eigenvalue weighted by molar-refractivity contribution is 6.33. The number of halogens is 4. The molecule has 4 aromatic rings. The van der Waals surface area contributed by atoms with Crippen molar-refractivity contribution >= 4 is 11.6 Å². The van der Waals surface area contributed by atoms with Gasteiger partial charge in [0, 0.05) is 18.3 Å². The molecule has 5 rings (SSSR count). The molecule has 0 unspecified atom stereocenters. The molecule has 0 amide bonds. The number of hydrogen-bond acceptors (Lipinski definition) is 7. The van der Waals surface area contributed by atoms with Crippen LogP contribution in [-0.4, -0.2) is 48.2 Å². The number of likely N-dealkylation sites (tertiary alicyclic amines) is 1. The molecule has 0 N–H and O–H groups in total. The van der Waals surface area contributed by atoms with E-state index in [1.807, 2.05) is 18.2 Å². The van der Waals surface area contributed by atoms with Crippen LogP contribution < -0.4 is 0 Å². The van der Waals surface area contributed by atoms with Crippen molar-refractivity contribution < 1.29 is 17.6 Å². The largest absolute Gasteiger partial charge is 0.415 e. The maximum atomic E-state index is 14.6. The molecule has 176 valence electrons. The molecule has 8 nitrogen and oxygen atoms in total. The number of pyridine rings is 1. The van der Waals surface area contributed by atoms with Crippen LogP contribution in [0.25, 0.3) is 22.7 Å².